The minimum absolute atomic E-state index is 0. The average Bonchev–Trinajstić information content (AvgIpc) is 3.12. The van der Waals surface area contributed by atoms with E-state index >= 15 is 0 Å². The van der Waals surface area contributed by atoms with E-state index in [1.54, 1.807) is 0 Å². The lowest BCUT2D eigenvalue weighted by Crippen LogP contribution is -2.26. The van der Waals surface area contributed by atoms with Gasteiger partial charge < -0.3 is 10.5 Å². The number of rotatable bonds is 5. The van der Waals surface area contributed by atoms with Crippen molar-refractivity contribution in [1.82, 2.24) is 4.90 Å². The molecule has 1 aromatic rings. The molecule has 1 atom stereocenters. The van der Waals surface area contributed by atoms with Crippen LogP contribution >= 0.6 is 12.4 Å². The highest BCUT2D eigenvalue weighted by Gasteiger charge is 2.22. The summed E-state index contributed by atoms with van der Waals surface area (Å²) in [6.07, 6.45) is 3.81. The molecule has 1 saturated heterocycles. The highest BCUT2D eigenvalue weighted by Crippen LogP contribution is 2.29. The maximum Gasteiger partial charge on any atom is 0.119 e. The number of nitrogens with two attached hydrogens (primary N) is 1. The highest BCUT2D eigenvalue weighted by molar-refractivity contribution is 5.85. The first-order valence-corrected chi connectivity index (χ1v) is 6.99. The van der Waals surface area contributed by atoms with E-state index in [0.717, 1.165) is 44.3 Å². The molecular formula is C15H23ClN2O. The molecule has 1 aliphatic heterocycles. The summed E-state index contributed by atoms with van der Waals surface area (Å²) in [5.74, 6) is 1.82. The number of hydrogen-bond donors (Lipinski definition) is 1. The molecule has 0 amide bonds. The van der Waals surface area contributed by atoms with Gasteiger partial charge in [-0.05, 0) is 42.9 Å². The Bertz CT molecular complexity index is 392. The zero-order valence-electron chi connectivity index (χ0n) is 11.3. The molecule has 1 saturated carbocycles. The van der Waals surface area contributed by atoms with Gasteiger partial charge in [0.25, 0.3) is 0 Å². The Hall–Kier alpha value is -0.770. The first kappa shape index (κ1) is 14.6. The van der Waals surface area contributed by atoms with Crippen LogP contribution in [-0.2, 0) is 6.54 Å². The summed E-state index contributed by atoms with van der Waals surface area (Å²) in [5.41, 5.74) is 7.26. The summed E-state index contributed by atoms with van der Waals surface area (Å²) in [4.78, 5) is 2.42. The van der Waals surface area contributed by atoms with Crippen molar-refractivity contribution in [3.63, 3.8) is 0 Å². The monoisotopic (exact) mass is 282 g/mol. The molecule has 3 nitrogen and oxygen atoms in total. The van der Waals surface area contributed by atoms with Crippen LogP contribution in [0.3, 0.4) is 0 Å². The summed E-state index contributed by atoms with van der Waals surface area (Å²) >= 11 is 0. The fourth-order valence-electron chi connectivity index (χ4n) is 2.45. The molecule has 0 unspecified atom stereocenters. The van der Waals surface area contributed by atoms with Gasteiger partial charge in [0.2, 0.25) is 0 Å². The third-order valence-corrected chi connectivity index (χ3v) is 3.82. The molecule has 0 bridgehead atoms. The molecule has 106 valence electrons. The van der Waals surface area contributed by atoms with Gasteiger partial charge in [-0.1, -0.05) is 12.1 Å². The van der Waals surface area contributed by atoms with Gasteiger partial charge in [0, 0.05) is 25.7 Å². The minimum atomic E-state index is 0. The van der Waals surface area contributed by atoms with Gasteiger partial charge in [-0.2, -0.15) is 0 Å². The van der Waals surface area contributed by atoms with Crippen molar-refractivity contribution in [2.24, 2.45) is 11.7 Å². The molecule has 19 heavy (non-hydrogen) atoms. The standard InChI is InChI=1S/C15H22N2O.ClH/c16-14-7-8-17(10-14)9-12-3-5-15(6-4-12)18-11-13-1-2-13;/h3-6,13-14H,1-2,7-11,16H2;1H/t14-;/m1./s1. The Morgan fingerprint density at radius 3 is 2.47 bits per heavy atom. The Labute approximate surface area is 121 Å². The van der Waals surface area contributed by atoms with Crippen molar-refractivity contribution >= 4 is 12.4 Å². The second kappa shape index (κ2) is 6.60. The van der Waals surface area contributed by atoms with E-state index in [0.29, 0.717) is 6.04 Å². The lowest BCUT2D eigenvalue weighted by molar-refractivity contribution is 0.299. The predicted octanol–water partition coefficient (Wildman–Crippen LogP) is 2.43. The van der Waals surface area contributed by atoms with E-state index in [9.17, 15) is 0 Å². The summed E-state index contributed by atoms with van der Waals surface area (Å²) < 4.78 is 5.74. The van der Waals surface area contributed by atoms with Crippen LogP contribution in [0.25, 0.3) is 0 Å². The number of likely N-dealkylation sites (tertiary alicyclic amines) is 1. The summed E-state index contributed by atoms with van der Waals surface area (Å²) in [6, 6.07) is 8.89. The average molecular weight is 283 g/mol. The van der Waals surface area contributed by atoms with E-state index in [2.05, 4.69) is 29.2 Å². The summed E-state index contributed by atoms with van der Waals surface area (Å²) in [6.45, 7) is 4.05. The second-order valence-corrected chi connectivity index (χ2v) is 5.68. The topological polar surface area (TPSA) is 38.5 Å². The van der Waals surface area contributed by atoms with Crippen molar-refractivity contribution in [1.29, 1.82) is 0 Å². The first-order chi connectivity index (χ1) is 8.79. The van der Waals surface area contributed by atoms with Crippen LogP contribution in [0.4, 0.5) is 0 Å². The lowest BCUT2D eigenvalue weighted by atomic mass is 10.2. The first-order valence-electron chi connectivity index (χ1n) is 6.99. The van der Waals surface area contributed by atoms with Gasteiger partial charge in [-0.15, -0.1) is 12.4 Å². The maximum atomic E-state index is 5.91. The van der Waals surface area contributed by atoms with Crippen LogP contribution < -0.4 is 10.5 Å². The molecule has 4 heteroatoms. The van der Waals surface area contributed by atoms with Crippen LogP contribution in [0.5, 0.6) is 5.75 Å². The zero-order chi connectivity index (χ0) is 12.4. The van der Waals surface area contributed by atoms with Crippen LogP contribution in [0.15, 0.2) is 24.3 Å². The summed E-state index contributed by atoms with van der Waals surface area (Å²) in [5, 5.41) is 0. The fourth-order valence-corrected chi connectivity index (χ4v) is 2.45. The van der Waals surface area contributed by atoms with E-state index in [4.69, 9.17) is 10.5 Å². The molecule has 0 spiro atoms. The normalized spacial score (nSPS) is 23.1. The number of halogens is 1. The molecule has 1 aliphatic carbocycles. The molecular weight excluding hydrogens is 260 g/mol. The van der Waals surface area contributed by atoms with Crippen molar-refractivity contribution in [3.8, 4) is 5.75 Å². The lowest BCUT2D eigenvalue weighted by Gasteiger charge is -2.15. The Kier molecular flexibility index (Phi) is 5.08. The van der Waals surface area contributed by atoms with E-state index in [-0.39, 0.29) is 12.4 Å². The molecule has 2 N–H and O–H groups in total. The molecule has 2 fully saturated rings. The van der Waals surface area contributed by atoms with Gasteiger partial charge in [0.15, 0.2) is 0 Å². The third-order valence-electron chi connectivity index (χ3n) is 3.82. The van der Waals surface area contributed by atoms with Crippen LogP contribution in [0.1, 0.15) is 24.8 Å². The SMILES string of the molecule is Cl.N[C@@H]1CCN(Cc2ccc(OCC3CC3)cc2)C1. The quantitative estimate of drug-likeness (QED) is 0.901. The van der Waals surface area contributed by atoms with Gasteiger partial charge in [0.05, 0.1) is 6.61 Å². The highest BCUT2D eigenvalue weighted by atomic mass is 35.5. The van der Waals surface area contributed by atoms with Crippen molar-refractivity contribution in [3.05, 3.63) is 29.8 Å². The fraction of sp³-hybridized carbons (Fsp3) is 0.600. The van der Waals surface area contributed by atoms with Crippen molar-refractivity contribution < 1.29 is 4.74 Å². The Balaban J connectivity index is 0.00000133. The van der Waals surface area contributed by atoms with E-state index in [1.165, 1.54) is 18.4 Å². The van der Waals surface area contributed by atoms with Gasteiger partial charge in [-0.25, -0.2) is 0 Å². The second-order valence-electron chi connectivity index (χ2n) is 5.68. The van der Waals surface area contributed by atoms with Gasteiger partial charge in [-0.3, -0.25) is 4.90 Å². The van der Waals surface area contributed by atoms with E-state index in [1.807, 2.05) is 0 Å². The molecule has 0 aromatic heterocycles. The number of nitrogens with zero attached hydrogens (tertiary/aromatic N) is 1. The van der Waals surface area contributed by atoms with Gasteiger partial charge in [0.1, 0.15) is 5.75 Å². The number of hydrogen-bond acceptors (Lipinski definition) is 3. The van der Waals surface area contributed by atoms with Gasteiger partial charge >= 0.3 is 0 Å². The molecule has 3 rings (SSSR count). The third kappa shape index (κ3) is 4.37. The van der Waals surface area contributed by atoms with Crippen molar-refractivity contribution in [2.45, 2.75) is 31.8 Å². The van der Waals surface area contributed by atoms with Crippen molar-refractivity contribution in [2.75, 3.05) is 19.7 Å². The summed E-state index contributed by atoms with van der Waals surface area (Å²) in [7, 11) is 0. The Morgan fingerprint density at radius 1 is 1.16 bits per heavy atom. The van der Waals surface area contributed by atoms with E-state index < -0.39 is 0 Å². The van der Waals surface area contributed by atoms with Crippen LogP contribution in [0, 0.1) is 5.92 Å². The molecule has 0 radical (unpaired) electrons. The largest absolute Gasteiger partial charge is 0.493 e. The molecule has 1 heterocycles. The van der Waals surface area contributed by atoms with Crippen LogP contribution in [0.2, 0.25) is 0 Å². The smallest absolute Gasteiger partial charge is 0.119 e. The van der Waals surface area contributed by atoms with Crippen LogP contribution in [-0.4, -0.2) is 30.6 Å². The maximum absolute atomic E-state index is 5.91. The molecule has 1 aromatic carbocycles. The minimum Gasteiger partial charge on any atom is -0.493 e. The zero-order valence-corrected chi connectivity index (χ0v) is 12.1. The Morgan fingerprint density at radius 2 is 1.89 bits per heavy atom. The molecule has 2 aliphatic rings. The number of ether oxygens (including phenoxy) is 1. The predicted molar refractivity (Wildman–Crippen MR) is 79.8 cm³/mol. The number of benzene rings is 1.